The molecule has 0 saturated carbocycles. The van der Waals surface area contributed by atoms with E-state index in [4.69, 9.17) is 15.2 Å². The molecule has 0 aromatic heterocycles. The van der Waals surface area contributed by atoms with Crippen LogP contribution in [0.5, 0.6) is 11.5 Å². The third-order valence-corrected chi connectivity index (χ3v) is 4.51. The Morgan fingerprint density at radius 2 is 1.96 bits per heavy atom. The molecule has 0 fully saturated rings. The van der Waals surface area contributed by atoms with Gasteiger partial charge in [0.15, 0.2) is 6.10 Å². The van der Waals surface area contributed by atoms with Gasteiger partial charge in [-0.25, -0.2) is 0 Å². The van der Waals surface area contributed by atoms with Gasteiger partial charge >= 0.3 is 0 Å². The van der Waals surface area contributed by atoms with Crippen LogP contribution < -0.4 is 20.1 Å². The second-order valence-electron chi connectivity index (χ2n) is 6.63. The number of ether oxygens (including phenoxy) is 2. The second kappa shape index (κ2) is 8.23. The minimum atomic E-state index is -0.468. The van der Waals surface area contributed by atoms with Crippen molar-refractivity contribution in [2.45, 2.75) is 38.8 Å². The van der Waals surface area contributed by atoms with Crippen molar-refractivity contribution in [1.29, 1.82) is 0 Å². The average Bonchev–Trinajstić information content (AvgIpc) is 2.64. The zero-order valence-electron chi connectivity index (χ0n) is 15.4. The molecule has 26 heavy (non-hydrogen) atoms. The first-order chi connectivity index (χ1) is 12.6. The Balaban J connectivity index is 1.61. The van der Waals surface area contributed by atoms with Gasteiger partial charge < -0.3 is 20.1 Å². The van der Waals surface area contributed by atoms with Crippen LogP contribution in [-0.2, 0) is 4.79 Å². The summed E-state index contributed by atoms with van der Waals surface area (Å²) >= 11 is 0. The number of unbranched alkanes of at least 4 members (excludes halogenated alkanes) is 1. The lowest BCUT2D eigenvalue weighted by molar-refractivity contribution is -0.125. The van der Waals surface area contributed by atoms with Gasteiger partial charge in [-0.15, -0.1) is 0 Å². The van der Waals surface area contributed by atoms with Crippen LogP contribution in [0.25, 0.3) is 0 Å². The van der Waals surface area contributed by atoms with Crippen LogP contribution in [0.2, 0.25) is 0 Å². The van der Waals surface area contributed by atoms with Crippen molar-refractivity contribution >= 4 is 11.6 Å². The van der Waals surface area contributed by atoms with Gasteiger partial charge in [-0.3, -0.25) is 4.79 Å². The molecule has 0 bridgehead atoms. The molecule has 138 valence electrons. The van der Waals surface area contributed by atoms with Crippen LogP contribution in [0, 0.1) is 0 Å². The standard InChI is InChI=1S/C21H26N2O3/c1-15(22)17-10-11-20-19(14-17)23(21(24)16(2)26-20)12-6-7-13-25-18-8-4-3-5-9-18/h3-5,8-11,14-16H,6-7,12-13,22H2,1-2H3. The van der Waals surface area contributed by atoms with Crippen molar-refractivity contribution in [3.05, 3.63) is 54.1 Å². The highest BCUT2D eigenvalue weighted by molar-refractivity contribution is 5.99. The van der Waals surface area contributed by atoms with Crippen molar-refractivity contribution in [3.63, 3.8) is 0 Å². The van der Waals surface area contributed by atoms with Crippen molar-refractivity contribution in [1.82, 2.24) is 0 Å². The molecule has 5 heteroatoms. The number of fused-ring (bicyclic) bond motifs is 1. The van der Waals surface area contributed by atoms with Crippen LogP contribution in [0.1, 0.15) is 38.3 Å². The minimum absolute atomic E-state index is 0.0108. The first-order valence-corrected chi connectivity index (χ1v) is 9.11. The third kappa shape index (κ3) is 4.17. The molecule has 0 aliphatic carbocycles. The Hall–Kier alpha value is -2.53. The highest BCUT2D eigenvalue weighted by Crippen LogP contribution is 2.36. The van der Waals surface area contributed by atoms with E-state index >= 15 is 0 Å². The second-order valence-corrected chi connectivity index (χ2v) is 6.63. The normalized spacial score (nSPS) is 17.4. The van der Waals surface area contributed by atoms with Crippen LogP contribution in [0.3, 0.4) is 0 Å². The van der Waals surface area contributed by atoms with Gasteiger partial charge in [0.05, 0.1) is 12.3 Å². The molecule has 0 saturated heterocycles. The van der Waals surface area contributed by atoms with Crippen molar-refractivity contribution in [2.75, 3.05) is 18.1 Å². The Bertz CT molecular complexity index is 746. The molecule has 1 heterocycles. The van der Waals surface area contributed by atoms with Crippen molar-refractivity contribution < 1.29 is 14.3 Å². The number of carbonyl (C=O) groups is 1. The average molecular weight is 354 g/mol. The molecule has 3 rings (SSSR count). The fourth-order valence-corrected chi connectivity index (χ4v) is 3.02. The molecule has 2 aromatic carbocycles. The van der Waals surface area contributed by atoms with E-state index in [0.29, 0.717) is 13.2 Å². The van der Waals surface area contributed by atoms with E-state index in [0.717, 1.165) is 35.6 Å². The van der Waals surface area contributed by atoms with E-state index in [1.807, 2.05) is 60.4 Å². The molecular formula is C21H26N2O3. The number of hydrogen-bond acceptors (Lipinski definition) is 4. The molecule has 2 unspecified atom stereocenters. The maximum atomic E-state index is 12.6. The number of nitrogens with zero attached hydrogens (tertiary/aromatic N) is 1. The highest BCUT2D eigenvalue weighted by Gasteiger charge is 2.31. The summed E-state index contributed by atoms with van der Waals surface area (Å²) in [6, 6.07) is 15.5. The van der Waals surface area contributed by atoms with E-state index < -0.39 is 6.10 Å². The van der Waals surface area contributed by atoms with Gasteiger partial charge in [0, 0.05) is 12.6 Å². The number of amides is 1. The maximum absolute atomic E-state index is 12.6. The fourth-order valence-electron chi connectivity index (χ4n) is 3.02. The van der Waals surface area contributed by atoms with E-state index in [9.17, 15) is 4.79 Å². The fraction of sp³-hybridized carbons (Fsp3) is 0.381. The predicted octanol–water partition coefficient (Wildman–Crippen LogP) is 3.68. The Morgan fingerprint density at radius 1 is 1.19 bits per heavy atom. The van der Waals surface area contributed by atoms with Crippen LogP contribution in [0.15, 0.2) is 48.5 Å². The van der Waals surface area contributed by atoms with Crippen molar-refractivity contribution in [2.24, 2.45) is 5.73 Å². The molecule has 1 amide bonds. The maximum Gasteiger partial charge on any atom is 0.267 e. The Kier molecular flexibility index (Phi) is 5.78. The van der Waals surface area contributed by atoms with Gasteiger partial charge in [-0.05, 0) is 56.5 Å². The minimum Gasteiger partial charge on any atom is -0.494 e. The lowest BCUT2D eigenvalue weighted by Crippen LogP contribution is -2.45. The molecule has 2 atom stereocenters. The third-order valence-electron chi connectivity index (χ3n) is 4.51. The van der Waals surface area contributed by atoms with Gasteiger partial charge in [0.25, 0.3) is 5.91 Å². The first-order valence-electron chi connectivity index (χ1n) is 9.11. The lowest BCUT2D eigenvalue weighted by atomic mass is 10.1. The summed E-state index contributed by atoms with van der Waals surface area (Å²) in [6.45, 7) is 4.99. The highest BCUT2D eigenvalue weighted by atomic mass is 16.5. The van der Waals surface area contributed by atoms with E-state index in [-0.39, 0.29) is 11.9 Å². The summed E-state index contributed by atoms with van der Waals surface area (Å²) in [5, 5.41) is 0. The summed E-state index contributed by atoms with van der Waals surface area (Å²) in [6.07, 6.45) is 1.26. The monoisotopic (exact) mass is 354 g/mol. The number of hydrogen-bond donors (Lipinski definition) is 1. The number of rotatable bonds is 7. The summed E-state index contributed by atoms with van der Waals surface area (Å²) in [7, 11) is 0. The zero-order valence-corrected chi connectivity index (χ0v) is 15.4. The van der Waals surface area contributed by atoms with Crippen molar-refractivity contribution in [3.8, 4) is 11.5 Å². The number of benzene rings is 2. The molecular weight excluding hydrogens is 328 g/mol. The van der Waals surface area contributed by atoms with E-state index in [2.05, 4.69) is 0 Å². The predicted molar refractivity (Wildman–Crippen MR) is 103 cm³/mol. The SMILES string of the molecule is CC1Oc2ccc(C(C)N)cc2N(CCCCOc2ccccc2)C1=O. The van der Waals surface area contributed by atoms with Gasteiger partial charge in [0.2, 0.25) is 0 Å². The lowest BCUT2D eigenvalue weighted by Gasteiger charge is -2.33. The molecule has 1 aliphatic rings. The Labute approximate surface area is 154 Å². The Morgan fingerprint density at radius 3 is 2.69 bits per heavy atom. The van der Waals surface area contributed by atoms with E-state index in [1.165, 1.54) is 0 Å². The first kappa shape index (κ1) is 18.3. The summed E-state index contributed by atoms with van der Waals surface area (Å²) in [5.41, 5.74) is 7.79. The summed E-state index contributed by atoms with van der Waals surface area (Å²) in [5.74, 6) is 1.60. The number of anilines is 1. The smallest absolute Gasteiger partial charge is 0.267 e. The molecule has 0 radical (unpaired) electrons. The van der Waals surface area contributed by atoms with Gasteiger partial charge in [-0.1, -0.05) is 24.3 Å². The molecule has 2 aromatic rings. The molecule has 0 spiro atoms. The van der Waals surface area contributed by atoms with Crippen LogP contribution in [-0.4, -0.2) is 25.2 Å². The van der Waals surface area contributed by atoms with Crippen LogP contribution in [0.4, 0.5) is 5.69 Å². The molecule has 5 nitrogen and oxygen atoms in total. The van der Waals surface area contributed by atoms with Gasteiger partial charge in [-0.2, -0.15) is 0 Å². The quantitative estimate of drug-likeness (QED) is 0.771. The zero-order chi connectivity index (χ0) is 18.5. The largest absolute Gasteiger partial charge is 0.494 e. The number of carbonyl (C=O) groups excluding carboxylic acids is 1. The topological polar surface area (TPSA) is 64.8 Å². The summed E-state index contributed by atoms with van der Waals surface area (Å²) < 4.78 is 11.5. The van der Waals surface area contributed by atoms with E-state index in [1.54, 1.807) is 6.92 Å². The number of nitrogens with two attached hydrogens (primary N) is 1. The summed E-state index contributed by atoms with van der Waals surface area (Å²) in [4.78, 5) is 14.4. The molecule has 1 aliphatic heterocycles. The molecule has 2 N–H and O–H groups in total. The van der Waals surface area contributed by atoms with Gasteiger partial charge in [0.1, 0.15) is 11.5 Å². The number of para-hydroxylation sites is 1. The van der Waals surface area contributed by atoms with Crippen LogP contribution >= 0.6 is 0 Å².